The molecular weight excluding hydrogens is 219 g/mol. The molecule has 4 nitrogen and oxygen atoms in total. The second-order valence-electron chi connectivity index (χ2n) is 3.36. The molecule has 1 aliphatic carbocycles. The lowest BCUT2D eigenvalue weighted by Gasteiger charge is -2.13. The van der Waals surface area contributed by atoms with E-state index < -0.39 is 19.6 Å². The highest BCUT2D eigenvalue weighted by molar-refractivity contribution is 6.54. The van der Waals surface area contributed by atoms with Crippen molar-refractivity contribution in [1.82, 2.24) is 0 Å². The standard InChI is InChI=1S/C9H8BF2NO3/c11-10(12)13(6-9(14)15)7-4-2-1-3-5-8(7)16-10/h1-5H,6H2,(H,14,15). The third-order valence-electron chi connectivity index (χ3n) is 2.22. The fourth-order valence-electron chi connectivity index (χ4n) is 1.57. The van der Waals surface area contributed by atoms with Crippen LogP contribution in [0.4, 0.5) is 8.63 Å². The molecule has 16 heavy (non-hydrogen) atoms. The minimum absolute atomic E-state index is 0.00347. The predicted octanol–water partition coefficient (Wildman–Crippen LogP) is 0.939. The zero-order valence-electron chi connectivity index (χ0n) is 8.14. The summed E-state index contributed by atoms with van der Waals surface area (Å²) >= 11 is 0. The lowest BCUT2D eigenvalue weighted by Crippen LogP contribution is -2.41. The molecular formula is C9H8BF2NO3. The van der Waals surface area contributed by atoms with Crippen molar-refractivity contribution in [2.75, 3.05) is 6.54 Å². The lowest BCUT2D eigenvalue weighted by molar-refractivity contribution is -0.421. The number of halogens is 2. The van der Waals surface area contributed by atoms with Crippen molar-refractivity contribution >= 4 is 18.7 Å². The first kappa shape index (κ1) is 10.6. The Hall–Kier alpha value is -1.92. The van der Waals surface area contributed by atoms with Crippen LogP contribution in [0.2, 0.25) is 0 Å². The van der Waals surface area contributed by atoms with Gasteiger partial charge >= 0.3 is 13.0 Å². The van der Waals surface area contributed by atoms with E-state index in [9.17, 15) is 13.4 Å². The molecule has 7 heteroatoms. The molecule has 0 radical (unpaired) electrons. The van der Waals surface area contributed by atoms with E-state index in [0.717, 1.165) is 0 Å². The van der Waals surface area contributed by atoms with Crippen molar-refractivity contribution in [3.63, 3.8) is 0 Å². The van der Waals surface area contributed by atoms with E-state index in [2.05, 4.69) is 4.65 Å². The third kappa shape index (κ3) is 1.76. The van der Waals surface area contributed by atoms with Gasteiger partial charge in [-0.25, -0.2) is 4.79 Å². The van der Waals surface area contributed by atoms with E-state index in [1.165, 1.54) is 12.2 Å². The summed E-state index contributed by atoms with van der Waals surface area (Å²) in [5, 5.41) is 8.57. The third-order valence-corrected chi connectivity index (χ3v) is 2.22. The van der Waals surface area contributed by atoms with Crippen molar-refractivity contribution in [2.24, 2.45) is 0 Å². The molecule has 0 atom stereocenters. The van der Waals surface area contributed by atoms with E-state index in [1.54, 1.807) is 18.2 Å². The fraction of sp³-hybridized carbons (Fsp3) is 0.111. The summed E-state index contributed by atoms with van der Waals surface area (Å²) in [5.41, 5.74) is 0.0948. The topological polar surface area (TPSA) is 49.5 Å². The molecule has 84 valence electrons. The smallest absolute Gasteiger partial charge is 0.595 e. The van der Waals surface area contributed by atoms with Gasteiger partial charge in [-0.1, -0.05) is 18.2 Å². The van der Waals surface area contributed by atoms with Crippen LogP contribution in [0.15, 0.2) is 36.1 Å². The summed E-state index contributed by atoms with van der Waals surface area (Å²) in [6, 6.07) is 0. The average molecular weight is 227 g/mol. The van der Waals surface area contributed by atoms with Crippen LogP contribution >= 0.6 is 0 Å². The van der Waals surface area contributed by atoms with Crippen LogP contribution < -0.4 is 0 Å². The highest BCUT2D eigenvalue weighted by Gasteiger charge is 2.54. The van der Waals surface area contributed by atoms with Crippen LogP contribution in [0.1, 0.15) is 0 Å². The number of hydrogen-bond donors (Lipinski definition) is 1. The van der Waals surface area contributed by atoms with Crippen LogP contribution in [-0.2, 0) is 9.45 Å². The number of fused-ring (bicyclic) bond motifs is 1. The summed E-state index contributed by atoms with van der Waals surface area (Å²) in [4.78, 5) is 10.5. The van der Waals surface area contributed by atoms with Gasteiger partial charge in [0.2, 0.25) is 0 Å². The van der Waals surface area contributed by atoms with Crippen molar-refractivity contribution in [3.8, 4) is 0 Å². The summed E-state index contributed by atoms with van der Waals surface area (Å²) in [7, 11) is -4.29. The van der Waals surface area contributed by atoms with Crippen LogP contribution in [-0.4, -0.2) is 34.9 Å². The second-order valence-corrected chi connectivity index (χ2v) is 3.36. The van der Waals surface area contributed by atoms with Gasteiger partial charge in [0.25, 0.3) is 0 Å². The Bertz CT molecular complexity index is 465. The Labute approximate surface area is 89.9 Å². The highest BCUT2D eigenvalue weighted by Crippen LogP contribution is 2.26. The monoisotopic (exact) mass is 227 g/mol. The SMILES string of the molecule is O=C(O)C[N+]1=C2C=CC=CC=C2O[B-]1(F)F. The Morgan fingerprint density at radius 2 is 2.19 bits per heavy atom. The molecule has 2 aliphatic rings. The number of nitrogens with zero attached hydrogens (tertiary/aromatic N) is 1. The second kappa shape index (κ2) is 3.59. The molecule has 0 fully saturated rings. The molecule has 0 spiro atoms. The van der Waals surface area contributed by atoms with Gasteiger partial charge in [0, 0.05) is 6.08 Å². The first-order chi connectivity index (χ1) is 7.50. The number of hydrogen-bond acceptors (Lipinski definition) is 2. The number of allylic oxidation sites excluding steroid dienone is 5. The van der Waals surface area contributed by atoms with Gasteiger partial charge in [-0.3, -0.25) is 0 Å². The fourth-order valence-corrected chi connectivity index (χ4v) is 1.57. The quantitative estimate of drug-likeness (QED) is 0.714. The Morgan fingerprint density at radius 1 is 1.44 bits per heavy atom. The van der Waals surface area contributed by atoms with Gasteiger partial charge in [-0.2, -0.15) is 0 Å². The molecule has 0 unspecified atom stereocenters. The minimum Gasteiger partial charge on any atom is -0.595 e. The Morgan fingerprint density at radius 3 is 2.88 bits per heavy atom. The molecule has 0 amide bonds. The Balaban J connectivity index is 2.49. The summed E-state index contributed by atoms with van der Waals surface area (Å²) in [5.74, 6) is -1.33. The number of carboxylic acid groups (broad SMARTS) is 1. The van der Waals surface area contributed by atoms with Crippen molar-refractivity contribution in [2.45, 2.75) is 0 Å². The molecule has 0 aromatic heterocycles. The number of rotatable bonds is 2. The van der Waals surface area contributed by atoms with Gasteiger partial charge < -0.3 is 22.9 Å². The summed E-state index contributed by atoms with van der Waals surface area (Å²) < 4.78 is 31.7. The normalized spacial score (nSPS) is 21.2. The maximum absolute atomic E-state index is 13.4. The molecule has 1 heterocycles. The zero-order chi connectivity index (χ0) is 11.8. The number of aliphatic carboxylic acids is 1. The molecule has 0 aromatic rings. The van der Waals surface area contributed by atoms with E-state index in [-0.39, 0.29) is 11.5 Å². The maximum atomic E-state index is 13.4. The first-order valence-corrected chi connectivity index (χ1v) is 4.62. The molecule has 0 bridgehead atoms. The van der Waals surface area contributed by atoms with Gasteiger partial charge in [-0.15, -0.1) is 0 Å². The van der Waals surface area contributed by atoms with Crippen LogP contribution in [0, 0.1) is 0 Å². The van der Waals surface area contributed by atoms with Crippen molar-refractivity contribution < 1.29 is 27.7 Å². The van der Waals surface area contributed by atoms with E-state index in [1.807, 2.05) is 0 Å². The van der Waals surface area contributed by atoms with Gasteiger partial charge in [0.15, 0.2) is 12.3 Å². The summed E-state index contributed by atoms with van der Waals surface area (Å²) in [6.07, 6.45) is 7.53. The first-order valence-electron chi connectivity index (χ1n) is 4.62. The Kier molecular flexibility index (Phi) is 2.38. The van der Waals surface area contributed by atoms with Crippen LogP contribution in [0.3, 0.4) is 0 Å². The van der Waals surface area contributed by atoms with Crippen LogP contribution in [0.25, 0.3) is 0 Å². The van der Waals surface area contributed by atoms with Crippen molar-refractivity contribution in [1.29, 1.82) is 0 Å². The minimum atomic E-state index is -4.29. The number of carboxylic acids is 1. The highest BCUT2D eigenvalue weighted by atomic mass is 19.3. The predicted molar refractivity (Wildman–Crippen MR) is 53.2 cm³/mol. The van der Waals surface area contributed by atoms with Gasteiger partial charge in [0.1, 0.15) is 5.76 Å². The van der Waals surface area contributed by atoms with Crippen molar-refractivity contribution in [3.05, 3.63) is 36.1 Å². The van der Waals surface area contributed by atoms with E-state index in [4.69, 9.17) is 5.11 Å². The van der Waals surface area contributed by atoms with Gasteiger partial charge in [-0.05, 0) is 6.08 Å². The van der Waals surface area contributed by atoms with Gasteiger partial charge in [0.05, 0.1) is 0 Å². The molecule has 0 saturated carbocycles. The van der Waals surface area contributed by atoms with E-state index in [0.29, 0.717) is 4.49 Å². The zero-order valence-corrected chi connectivity index (χ0v) is 8.14. The average Bonchev–Trinajstić information content (AvgIpc) is 2.38. The molecule has 2 rings (SSSR count). The van der Waals surface area contributed by atoms with E-state index >= 15 is 0 Å². The molecule has 0 saturated heterocycles. The summed E-state index contributed by atoms with van der Waals surface area (Å²) in [6.45, 7) is -0.788. The number of carbonyl (C=O) groups is 1. The molecule has 0 aromatic carbocycles. The molecule has 1 N–H and O–H groups in total. The largest absolute Gasteiger partial charge is 0.829 e. The molecule has 1 aliphatic heterocycles. The van der Waals surface area contributed by atoms with Crippen LogP contribution in [0.5, 0.6) is 0 Å². The lowest BCUT2D eigenvalue weighted by atomic mass is 10.1. The maximum Gasteiger partial charge on any atom is 0.829 e.